The maximum absolute atomic E-state index is 6.21. The Morgan fingerprint density at radius 3 is 3.06 bits per heavy atom. The van der Waals surface area contributed by atoms with E-state index in [0.717, 1.165) is 18.0 Å². The van der Waals surface area contributed by atoms with Crippen LogP contribution in [0.15, 0.2) is 29.8 Å². The quantitative estimate of drug-likeness (QED) is 0.904. The molecule has 0 fully saturated rings. The molecule has 1 aromatic heterocycles. The third-order valence-electron chi connectivity index (χ3n) is 3.05. The van der Waals surface area contributed by atoms with Gasteiger partial charge in [-0.05, 0) is 16.7 Å². The van der Waals surface area contributed by atoms with Gasteiger partial charge in [0.2, 0.25) is 0 Å². The molecule has 3 rings (SSSR count). The Kier molecular flexibility index (Phi) is 2.93. The zero-order valence-electron chi connectivity index (χ0n) is 9.43. The van der Waals surface area contributed by atoms with Gasteiger partial charge in [-0.15, -0.1) is 11.3 Å². The van der Waals surface area contributed by atoms with Crippen molar-refractivity contribution in [2.45, 2.75) is 25.7 Å². The Bertz CT molecular complexity index is 510. The van der Waals surface area contributed by atoms with Crippen molar-refractivity contribution in [3.05, 3.63) is 51.5 Å². The van der Waals surface area contributed by atoms with E-state index in [1.807, 2.05) is 11.6 Å². The molecule has 1 aliphatic heterocycles. The summed E-state index contributed by atoms with van der Waals surface area (Å²) >= 11 is 1.66. The summed E-state index contributed by atoms with van der Waals surface area (Å²) in [6, 6.07) is 6.42. The molecule has 0 aliphatic carbocycles. The zero-order chi connectivity index (χ0) is 11.7. The van der Waals surface area contributed by atoms with Gasteiger partial charge in [0, 0.05) is 24.0 Å². The van der Waals surface area contributed by atoms with E-state index < -0.39 is 0 Å². The molecule has 2 aromatic rings. The van der Waals surface area contributed by atoms with Crippen LogP contribution in [0.2, 0.25) is 0 Å². The molecule has 4 heteroatoms. The summed E-state index contributed by atoms with van der Waals surface area (Å²) < 4.78 is 5.40. The fourth-order valence-electron chi connectivity index (χ4n) is 2.08. The van der Waals surface area contributed by atoms with Crippen molar-refractivity contribution in [3.63, 3.8) is 0 Å². The second-order valence-corrected chi connectivity index (χ2v) is 5.24. The van der Waals surface area contributed by atoms with Crippen LogP contribution in [0.3, 0.4) is 0 Å². The van der Waals surface area contributed by atoms with Gasteiger partial charge in [0.25, 0.3) is 0 Å². The number of hydrogen-bond acceptors (Lipinski definition) is 4. The van der Waals surface area contributed by atoms with Crippen LogP contribution in [0.4, 0.5) is 0 Å². The van der Waals surface area contributed by atoms with Gasteiger partial charge in [-0.2, -0.15) is 0 Å². The normalized spacial score (nSPS) is 15.8. The van der Waals surface area contributed by atoms with Crippen LogP contribution >= 0.6 is 11.3 Å². The monoisotopic (exact) mass is 246 g/mol. The first-order valence-corrected chi connectivity index (χ1v) is 6.54. The summed E-state index contributed by atoms with van der Waals surface area (Å²) in [5, 5.41) is 3.08. The summed E-state index contributed by atoms with van der Waals surface area (Å²) in [7, 11) is 0. The van der Waals surface area contributed by atoms with Crippen molar-refractivity contribution >= 4 is 11.3 Å². The SMILES string of the molecule is NC(Cc1nccs1)c1ccc2c(c1)COC2. The van der Waals surface area contributed by atoms with Crippen LogP contribution in [-0.4, -0.2) is 4.98 Å². The molecule has 17 heavy (non-hydrogen) atoms. The Hall–Kier alpha value is -1.23. The van der Waals surface area contributed by atoms with Gasteiger partial charge >= 0.3 is 0 Å². The van der Waals surface area contributed by atoms with Gasteiger partial charge in [0.15, 0.2) is 0 Å². The predicted molar refractivity (Wildman–Crippen MR) is 67.7 cm³/mol. The highest BCUT2D eigenvalue weighted by Gasteiger charge is 2.14. The Morgan fingerprint density at radius 2 is 2.24 bits per heavy atom. The molecule has 1 atom stereocenters. The summed E-state index contributed by atoms with van der Waals surface area (Å²) in [4.78, 5) is 4.27. The molecule has 88 valence electrons. The second kappa shape index (κ2) is 4.56. The van der Waals surface area contributed by atoms with Crippen molar-refractivity contribution in [2.24, 2.45) is 5.73 Å². The average molecular weight is 246 g/mol. The highest BCUT2D eigenvalue weighted by Crippen LogP contribution is 2.24. The van der Waals surface area contributed by atoms with Crippen LogP contribution in [0.1, 0.15) is 27.7 Å². The number of nitrogens with zero attached hydrogens (tertiary/aromatic N) is 1. The van der Waals surface area contributed by atoms with Crippen molar-refractivity contribution < 1.29 is 4.74 Å². The molecule has 2 N–H and O–H groups in total. The smallest absolute Gasteiger partial charge is 0.0943 e. The minimum Gasteiger partial charge on any atom is -0.372 e. The molecule has 3 nitrogen and oxygen atoms in total. The number of thiazole rings is 1. The molecule has 0 saturated carbocycles. The van der Waals surface area contributed by atoms with Crippen LogP contribution in [0, 0.1) is 0 Å². The van der Waals surface area contributed by atoms with Crippen LogP contribution < -0.4 is 5.73 Å². The van der Waals surface area contributed by atoms with Crippen LogP contribution in [-0.2, 0) is 24.4 Å². The lowest BCUT2D eigenvalue weighted by Gasteiger charge is -2.11. The minimum absolute atomic E-state index is 0.0204. The van der Waals surface area contributed by atoms with E-state index in [1.54, 1.807) is 11.3 Å². The van der Waals surface area contributed by atoms with Gasteiger partial charge < -0.3 is 10.5 Å². The van der Waals surface area contributed by atoms with E-state index in [2.05, 4.69) is 23.2 Å². The Labute approximate surface area is 104 Å². The third-order valence-corrected chi connectivity index (χ3v) is 3.85. The standard InChI is InChI=1S/C13H14N2OS/c14-12(6-13-15-3-4-17-13)9-1-2-10-7-16-8-11(10)5-9/h1-5,12H,6-8,14H2. The fraction of sp³-hybridized carbons (Fsp3) is 0.308. The number of aromatic nitrogens is 1. The van der Waals surface area contributed by atoms with Gasteiger partial charge in [-0.1, -0.05) is 18.2 Å². The molecular formula is C13H14N2OS. The first-order valence-electron chi connectivity index (χ1n) is 5.66. The molecule has 0 amide bonds. The van der Waals surface area contributed by atoms with E-state index in [4.69, 9.17) is 10.5 Å². The maximum atomic E-state index is 6.21. The maximum Gasteiger partial charge on any atom is 0.0943 e. The molecule has 1 unspecified atom stereocenters. The lowest BCUT2D eigenvalue weighted by atomic mass is 10.00. The zero-order valence-corrected chi connectivity index (χ0v) is 10.2. The topological polar surface area (TPSA) is 48.1 Å². The van der Waals surface area contributed by atoms with Gasteiger partial charge in [0.05, 0.1) is 18.2 Å². The minimum atomic E-state index is 0.0204. The molecule has 2 heterocycles. The van der Waals surface area contributed by atoms with E-state index in [1.165, 1.54) is 16.7 Å². The van der Waals surface area contributed by atoms with E-state index in [-0.39, 0.29) is 6.04 Å². The molecule has 1 aliphatic rings. The Morgan fingerprint density at radius 1 is 1.35 bits per heavy atom. The lowest BCUT2D eigenvalue weighted by molar-refractivity contribution is 0.134. The first kappa shape index (κ1) is 10.9. The third kappa shape index (κ3) is 2.24. The number of nitrogens with two attached hydrogens (primary N) is 1. The van der Waals surface area contributed by atoms with E-state index >= 15 is 0 Å². The van der Waals surface area contributed by atoms with E-state index in [0.29, 0.717) is 6.61 Å². The van der Waals surface area contributed by atoms with Crippen molar-refractivity contribution in [1.82, 2.24) is 4.98 Å². The predicted octanol–water partition coefficient (Wildman–Crippen LogP) is 2.42. The molecule has 1 aromatic carbocycles. The average Bonchev–Trinajstić information content (AvgIpc) is 2.97. The Balaban J connectivity index is 1.79. The molecule has 0 radical (unpaired) electrons. The largest absolute Gasteiger partial charge is 0.372 e. The van der Waals surface area contributed by atoms with Crippen molar-refractivity contribution in [1.29, 1.82) is 0 Å². The number of hydrogen-bond donors (Lipinski definition) is 1. The summed E-state index contributed by atoms with van der Waals surface area (Å²) in [6.07, 6.45) is 2.63. The summed E-state index contributed by atoms with van der Waals surface area (Å²) in [5.41, 5.74) is 9.94. The number of benzene rings is 1. The van der Waals surface area contributed by atoms with Crippen LogP contribution in [0.5, 0.6) is 0 Å². The number of ether oxygens (including phenoxy) is 1. The number of rotatable bonds is 3. The van der Waals surface area contributed by atoms with E-state index in [9.17, 15) is 0 Å². The van der Waals surface area contributed by atoms with Crippen LogP contribution in [0.25, 0.3) is 0 Å². The first-order chi connectivity index (χ1) is 8.33. The van der Waals surface area contributed by atoms with Gasteiger partial charge in [-0.25, -0.2) is 4.98 Å². The molecule has 0 spiro atoms. The number of fused-ring (bicyclic) bond motifs is 1. The molecule has 0 saturated heterocycles. The van der Waals surface area contributed by atoms with Gasteiger partial charge in [0.1, 0.15) is 0 Å². The lowest BCUT2D eigenvalue weighted by Crippen LogP contribution is -2.13. The fourth-order valence-corrected chi connectivity index (χ4v) is 2.76. The van der Waals surface area contributed by atoms with Crippen molar-refractivity contribution in [3.8, 4) is 0 Å². The summed E-state index contributed by atoms with van der Waals surface area (Å²) in [6.45, 7) is 1.45. The highest BCUT2D eigenvalue weighted by molar-refractivity contribution is 7.09. The molecule has 0 bridgehead atoms. The van der Waals surface area contributed by atoms with Crippen molar-refractivity contribution in [2.75, 3.05) is 0 Å². The molecular weight excluding hydrogens is 232 g/mol. The van der Waals surface area contributed by atoms with Gasteiger partial charge in [-0.3, -0.25) is 0 Å². The second-order valence-electron chi connectivity index (χ2n) is 4.26. The highest BCUT2D eigenvalue weighted by atomic mass is 32.1. The summed E-state index contributed by atoms with van der Waals surface area (Å²) in [5.74, 6) is 0.